The minimum Gasteiger partial charge on any atom is -0.264 e. The molecule has 7 heteroatoms. The lowest BCUT2D eigenvalue weighted by Gasteiger charge is -2.06. The molecule has 5 aromatic rings. The molecule has 0 aliphatic rings. The standard InChI is InChI=1S/C18H14N6S/c1-11-6-12(2)8-13(7-11)24-16-14(9-20-24)17-21-22-18(23(17)10-19-16)15-4-3-5-25-15/h3-10H,1-2H3. The zero-order valence-electron chi connectivity index (χ0n) is 13.7. The fourth-order valence-electron chi connectivity index (χ4n) is 3.16. The number of thiophene rings is 1. The van der Waals surface area contributed by atoms with Gasteiger partial charge in [-0.05, 0) is 48.6 Å². The molecule has 122 valence electrons. The molecule has 0 fully saturated rings. The van der Waals surface area contributed by atoms with Crippen molar-refractivity contribution in [3.8, 4) is 16.4 Å². The summed E-state index contributed by atoms with van der Waals surface area (Å²) in [6.07, 6.45) is 3.58. The van der Waals surface area contributed by atoms with E-state index in [0.29, 0.717) is 0 Å². The molecule has 0 aliphatic heterocycles. The molecule has 0 unspecified atom stereocenters. The van der Waals surface area contributed by atoms with Gasteiger partial charge in [0, 0.05) is 0 Å². The summed E-state index contributed by atoms with van der Waals surface area (Å²) >= 11 is 1.63. The molecule has 0 atom stereocenters. The molecule has 5 rings (SSSR count). The first-order chi connectivity index (χ1) is 12.2. The van der Waals surface area contributed by atoms with Gasteiger partial charge in [0.15, 0.2) is 17.1 Å². The van der Waals surface area contributed by atoms with Gasteiger partial charge in [0.2, 0.25) is 0 Å². The Bertz CT molecular complexity index is 1200. The number of nitrogens with zero attached hydrogens (tertiary/aromatic N) is 6. The lowest BCUT2D eigenvalue weighted by Crippen LogP contribution is -2.00. The van der Waals surface area contributed by atoms with Crippen molar-refractivity contribution >= 4 is 28.0 Å². The SMILES string of the molecule is Cc1cc(C)cc(-n2ncc3c2ncn2c(-c4cccs4)nnc32)c1. The van der Waals surface area contributed by atoms with Crippen LogP contribution in [0.15, 0.2) is 48.2 Å². The van der Waals surface area contributed by atoms with E-state index >= 15 is 0 Å². The smallest absolute Gasteiger partial charge is 0.179 e. The Morgan fingerprint density at radius 1 is 1.00 bits per heavy atom. The molecule has 4 heterocycles. The average Bonchev–Trinajstić information content (AvgIpc) is 3.31. The van der Waals surface area contributed by atoms with Crippen LogP contribution < -0.4 is 0 Å². The van der Waals surface area contributed by atoms with Gasteiger partial charge in [-0.2, -0.15) is 5.10 Å². The molecule has 0 aliphatic carbocycles. The molecule has 0 bridgehead atoms. The van der Waals surface area contributed by atoms with E-state index in [9.17, 15) is 0 Å². The minimum atomic E-state index is 0.768. The Morgan fingerprint density at radius 3 is 2.60 bits per heavy atom. The molecule has 0 radical (unpaired) electrons. The Kier molecular flexibility index (Phi) is 2.98. The second-order valence-electron chi connectivity index (χ2n) is 6.08. The zero-order valence-corrected chi connectivity index (χ0v) is 14.5. The monoisotopic (exact) mass is 346 g/mol. The van der Waals surface area contributed by atoms with Crippen molar-refractivity contribution in [2.75, 3.05) is 0 Å². The highest BCUT2D eigenvalue weighted by Crippen LogP contribution is 2.26. The lowest BCUT2D eigenvalue weighted by atomic mass is 10.1. The number of hydrogen-bond donors (Lipinski definition) is 0. The van der Waals surface area contributed by atoms with Crippen LogP contribution in [0.25, 0.3) is 33.1 Å². The maximum Gasteiger partial charge on any atom is 0.179 e. The Labute approximate surface area is 147 Å². The highest BCUT2D eigenvalue weighted by molar-refractivity contribution is 7.13. The van der Waals surface area contributed by atoms with Gasteiger partial charge in [-0.1, -0.05) is 12.1 Å². The van der Waals surface area contributed by atoms with Crippen LogP contribution in [0, 0.1) is 13.8 Å². The van der Waals surface area contributed by atoms with Gasteiger partial charge in [0.1, 0.15) is 6.33 Å². The van der Waals surface area contributed by atoms with Crippen LogP contribution >= 0.6 is 11.3 Å². The van der Waals surface area contributed by atoms with Gasteiger partial charge in [-0.25, -0.2) is 9.67 Å². The van der Waals surface area contributed by atoms with E-state index < -0.39 is 0 Å². The molecular formula is C18H14N6S. The summed E-state index contributed by atoms with van der Waals surface area (Å²) in [4.78, 5) is 5.70. The van der Waals surface area contributed by atoms with Crippen LogP contribution in [0.2, 0.25) is 0 Å². The van der Waals surface area contributed by atoms with Crippen LogP contribution in [0.4, 0.5) is 0 Å². The van der Waals surface area contributed by atoms with Crippen molar-refractivity contribution in [1.82, 2.24) is 29.4 Å². The number of fused-ring (bicyclic) bond motifs is 3. The quantitative estimate of drug-likeness (QED) is 0.488. The summed E-state index contributed by atoms with van der Waals surface area (Å²) in [5.74, 6) is 0.804. The summed E-state index contributed by atoms with van der Waals surface area (Å²) in [6, 6.07) is 10.4. The molecule has 0 N–H and O–H groups in total. The highest BCUT2D eigenvalue weighted by Gasteiger charge is 2.15. The summed E-state index contributed by atoms with van der Waals surface area (Å²) in [6.45, 7) is 4.17. The van der Waals surface area contributed by atoms with E-state index in [2.05, 4.69) is 52.3 Å². The Morgan fingerprint density at radius 2 is 1.84 bits per heavy atom. The molecule has 0 spiro atoms. The zero-order chi connectivity index (χ0) is 17.0. The Hall–Kier alpha value is -3.06. The van der Waals surface area contributed by atoms with Crippen molar-refractivity contribution in [1.29, 1.82) is 0 Å². The first-order valence-corrected chi connectivity index (χ1v) is 8.79. The third kappa shape index (κ3) is 2.16. The highest BCUT2D eigenvalue weighted by atomic mass is 32.1. The number of aryl methyl sites for hydroxylation is 2. The second-order valence-corrected chi connectivity index (χ2v) is 7.03. The van der Waals surface area contributed by atoms with Crippen molar-refractivity contribution < 1.29 is 0 Å². The van der Waals surface area contributed by atoms with Gasteiger partial charge < -0.3 is 0 Å². The average molecular weight is 346 g/mol. The molecule has 25 heavy (non-hydrogen) atoms. The molecule has 1 aromatic carbocycles. The molecule has 0 saturated heterocycles. The van der Waals surface area contributed by atoms with Crippen LogP contribution in [0.1, 0.15) is 11.1 Å². The maximum absolute atomic E-state index is 4.64. The predicted octanol–water partition coefficient (Wildman–Crippen LogP) is 3.81. The first kappa shape index (κ1) is 14.3. The topological polar surface area (TPSA) is 60.9 Å². The van der Waals surface area contributed by atoms with Gasteiger partial charge >= 0.3 is 0 Å². The van der Waals surface area contributed by atoms with Gasteiger partial charge in [-0.3, -0.25) is 4.40 Å². The first-order valence-electron chi connectivity index (χ1n) is 7.91. The van der Waals surface area contributed by atoms with E-state index in [4.69, 9.17) is 0 Å². The maximum atomic E-state index is 4.64. The summed E-state index contributed by atoms with van der Waals surface area (Å²) in [7, 11) is 0. The third-order valence-electron chi connectivity index (χ3n) is 4.17. The fourth-order valence-corrected chi connectivity index (χ4v) is 3.86. The van der Waals surface area contributed by atoms with Crippen molar-refractivity contribution in [2.24, 2.45) is 0 Å². The lowest BCUT2D eigenvalue weighted by molar-refractivity contribution is 0.890. The van der Waals surface area contributed by atoms with E-state index in [-0.39, 0.29) is 0 Å². The summed E-state index contributed by atoms with van der Waals surface area (Å²) in [5, 5.41) is 16.2. The van der Waals surface area contributed by atoms with E-state index in [0.717, 1.165) is 33.1 Å². The van der Waals surface area contributed by atoms with E-state index in [1.165, 1.54) is 11.1 Å². The molecule has 0 saturated carbocycles. The van der Waals surface area contributed by atoms with E-state index in [1.54, 1.807) is 17.7 Å². The van der Waals surface area contributed by atoms with Crippen LogP contribution in [-0.4, -0.2) is 29.4 Å². The van der Waals surface area contributed by atoms with Gasteiger partial charge in [-0.15, -0.1) is 21.5 Å². The third-order valence-corrected chi connectivity index (χ3v) is 5.03. The summed E-state index contributed by atoms with van der Waals surface area (Å²) < 4.78 is 3.77. The van der Waals surface area contributed by atoms with Gasteiger partial charge in [0.05, 0.1) is 22.1 Å². The molecule has 6 nitrogen and oxygen atoms in total. The van der Waals surface area contributed by atoms with Crippen molar-refractivity contribution in [3.63, 3.8) is 0 Å². The molecule has 4 aromatic heterocycles. The predicted molar refractivity (Wildman–Crippen MR) is 98.2 cm³/mol. The van der Waals surface area contributed by atoms with E-state index in [1.807, 2.05) is 32.8 Å². The molecule has 0 amide bonds. The van der Waals surface area contributed by atoms with Crippen LogP contribution in [-0.2, 0) is 0 Å². The Balaban J connectivity index is 1.75. The van der Waals surface area contributed by atoms with Crippen LogP contribution in [0.3, 0.4) is 0 Å². The normalized spacial score (nSPS) is 11.6. The number of hydrogen-bond acceptors (Lipinski definition) is 5. The van der Waals surface area contributed by atoms with Gasteiger partial charge in [0.25, 0.3) is 0 Å². The molecular weight excluding hydrogens is 332 g/mol. The van der Waals surface area contributed by atoms with Crippen molar-refractivity contribution in [2.45, 2.75) is 13.8 Å². The largest absolute Gasteiger partial charge is 0.264 e. The second kappa shape index (κ2) is 5.22. The summed E-state index contributed by atoms with van der Waals surface area (Å²) in [5.41, 5.74) is 4.94. The fraction of sp³-hybridized carbons (Fsp3) is 0.111. The van der Waals surface area contributed by atoms with Crippen LogP contribution in [0.5, 0.6) is 0 Å². The van der Waals surface area contributed by atoms with Crippen molar-refractivity contribution in [3.05, 3.63) is 59.4 Å². The minimum absolute atomic E-state index is 0.768. The number of aromatic nitrogens is 6. The number of benzene rings is 1. The number of rotatable bonds is 2.